The van der Waals surface area contributed by atoms with Crippen LogP contribution in [0.25, 0.3) is 21.9 Å². The van der Waals surface area contributed by atoms with Crippen LogP contribution in [-0.4, -0.2) is 34.5 Å². The molecular weight excluding hydrogens is 492 g/mol. The number of benzene rings is 3. The second-order valence-corrected chi connectivity index (χ2v) is 10.7. The van der Waals surface area contributed by atoms with Crippen LogP contribution in [0.2, 0.25) is 0 Å². The summed E-state index contributed by atoms with van der Waals surface area (Å²) in [6.45, 7) is 9.56. The molecule has 0 fully saturated rings. The Bertz CT molecular complexity index is 1520. The second-order valence-electron chi connectivity index (χ2n) is 10.7. The van der Waals surface area contributed by atoms with E-state index in [1.807, 2.05) is 90.3 Å². The smallest absolute Gasteiger partial charge is 0.407 e. The number of alkyl carbamates (subject to hydrolysis) is 1. The molecule has 3 aromatic carbocycles. The number of amides is 2. The highest BCUT2D eigenvalue weighted by atomic mass is 16.6. The van der Waals surface area contributed by atoms with Gasteiger partial charge in [0.25, 0.3) is 5.91 Å². The van der Waals surface area contributed by atoms with Crippen LogP contribution in [0.4, 0.5) is 4.79 Å². The Morgan fingerprint density at radius 3 is 2.44 bits per heavy atom. The number of aryl methyl sites for hydroxylation is 2. The molecule has 1 atom stereocenters. The summed E-state index contributed by atoms with van der Waals surface area (Å²) in [5.41, 5.74) is 4.43. The van der Waals surface area contributed by atoms with Crippen LogP contribution in [0.3, 0.4) is 0 Å². The molecule has 0 aliphatic heterocycles. The summed E-state index contributed by atoms with van der Waals surface area (Å²) in [6, 6.07) is 15.4. The maximum absolute atomic E-state index is 13.5. The van der Waals surface area contributed by atoms with Gasteiger partial charge >= 0.3 is 6.09 Å². The molecule has 2 N–H and O–H groups in total. The van der Waals surface area contributed by atoms with Crippen LogP contribution >= 0.6 is 0 Å². The first-order valence-corrected chi connectivity index (χ1v) is 12.9. The van der Waals surface area contributed by atoms with Crippen molar-refractivity contribution in [3.63, 3.8) is 0 Å². The van der Waals surface area contributed by atoms with E-state index in [9.17, 15) is 9.59 Å². The number of carbonyl (C=O) groups excluding carboxylic acids is 2. The maximum atomic E-state index is 13.5. The predicted molar refractivity (Wildman–Crippen MR) is 153 cm³/mol. The van der Waals surface area contributed by atoms with E-state index >= 15 is 0 Å². The van der Waals surface area contributed by atoms with E-state index in [1.54, 1.807) is 18.0 Å². The summed E-state index contributed by atoms with van der Waals surface area (Å²) in [5, 5.41) is 12.2. The zero-order chi connectivity index (χ0) is 28.3. The number of methoxy groups -OCH3 is 1. The Hall–Kier alpha value is -4.33. The summed E-state index contributed by atoms with van der Waals surface area (Å²) < 4.78 is 12.9. The lowest BCUT2D eigenvalue weighted by molar-refractivity contribution is 0.0523. The molecule has 8 heteroatoms. The van der Waals surface area contributed by atoms with Crippen LogP contribution in [0.15, 0.2) is 60.9 Å². The minimum Gasteiger partial charge on any atom is -0.495 e. The number of nitrogens with zero attached hydrogens (tertiary/aromatic N) is 2. The van der Waals surface area contributed by atoms with Crippen LogP contribution in [0, 0.1) is 6.92 Å². The van der Waals surface area contributed by atoms with Crippen molar-refractivity contribution >= 4 is 22.8 Å². The van der Waals surface area contributed by atoms with Gasteiger partial charge in [-0.15, -0.1) is 0 Å². The molecule has 0 saturated carbocycles. The van der Waals surface area contributed by atoms with E-state index in [2.05, 4.69) is 21.8 Å². The van der Waals surface area contributed by atoms with Crippen molar-refractivity contribution in [1.82, 2.24) is 20.4 Å². The summed E-state index contributed by atoms with van der Waals surface area (Å²) in [4.78, 5) is 25.6. The number of hydrogen-bond acceptors (Lipinski definition) is 5. The van der Waals surface area contributed by atoms with E-state index in [1.165, 1.54) is 0 Å². The maximum Gasteiger partial charge on any atom is 0.407 e. The first-order chi connectivity index (χ1) is 18.5. The zero-order valence-electron chi connectivity index (χ0n) is 23.6. The van der Waals surface area contributed by atoms with Gasteiger partial charge in [0.15, 0.2) is 0 Å². The number of nitrogens with one attached hydrogen (secondary N) is 2. The SMILES string of the molecule is COc1c(-c2cnn(C)c2)cc(C(C)NC(=O)c2cc(CNC(=O)OC(C)(C)C)ccc2C)c2ccccc12. The van der Waals surface area contributed by atoms with Gasteiger partial charge in [0, 0.05) is 41.9 Å². The molecule has 8 nitrogen and oxygen atoms in total. The number of fused-ring (bicyclic) bond motifs is 1. The topological polar surface area (TPSA) is 94.5 Å². The lowest BCUT2D eigenvalue weighted by Gasteiger charge is -2.21. The fourth-order valence-electron chi connectivity index (χ4n) is 4.59. The fraction of sp³-hybridized carbons (Fsp3) is 0.323. The van der Waals surface area contributed by atoms with Gasteiger partial charge < -0.3 is 20.1 Å². The lowest BCUT2D eigenvalue weighted by Crippen LogP contribution is -2.32. The third-order valence-corrected chi connectivity index (χ3v) is 6.44. The van der Waals surface area contributed by atoms with Crippen molar-refractivity contribution in [3.05, 3.63) is 83.2 Å². The van der Waals surface area contributed by atoms with Gasteiger partial charge in [-0.05, 0) is 68.8 Å². The first-order valence-electron chi connectivity index (χ1n) is 12.9. The Labute approximate surface area is 229 Å². The highest BCUT2D eigenvalue weighted by Gasteiger charge is 2.21. The summed E-state index contributed by atoms with van der Waals surface area (Å²) in [6.07, 6.45) is 3.25. The van der Waals surface area contributed by atoms with Crippen molar-refractivity contribution in [2.24, 2.45) is 7.05 Å². The monoisotopic (exact) mass is 528 g/mol. The van der Waals surface area contributed by atoms with E-state index in [0.717, 1.165) is 44.3 Å². The van der Waals surface area contributed by atoms with E-state index in [4.69, 9.17) is 9.47 Å². The molecular formula is C31H36N4O4. The Morgan fingerprint density at radius 2 is 1.79 bits per heavy atom. The summed E-state index contributed by atoms with van der Waals surface area (Å²) >= 11 is 0. The van der Waals surface area contributed by atoms with Gasteiger partial charge in [0.1, 0.15) is 11.4 Å². The van der Waals surface area contributed by atoms with E-state index in [-0.39, 0.29) is 18.5 Å². The van der Waals surface area contributed by atoms with Crippen LogP contribution < -0.4 is 15.4 Å². The number of rotatable bonds is 7. The molecule has 4 aromatic rings. The van der Waals surface area contributed by atoms with Gasteiger partial charge in [-0.25, -0.2) is 4.79 Å². The largest absolute Gasteiger partial charge is 0.495 e. The molecule has 2 amide bonds. The number of ether oxygens (including phenoxy) is 2. The van der Waals surface area contributed by atoms with Gasteiger partial charge in [-0.1, -0.05) is 36.4 Å². The molecule has 0 saturated heterocycles. The van der Waals surface area contributed by atoms with Crippen molar-refractivity contribution < 1.29 is 19.1 Å². The molecule has 0 aliphatic rings. The van der Waals surface area contributed by atoms with Crippen molar-refractivity contribution in [2.45, 2.75) is 52.8 Å². The average molecular weight is 529 g/mol. The van der Waals surface area contributed by atoms with E-state index < -0.39 is 11.7 Å². The van der Waals surface area contributed by atoms with Crippen LogP contribution in [0.1, 0.15) is 60.8 Å². The summed E-state index contributed by atoms with van der Waals surface area (Å²) in [5.74, 6) is 0.573. The fourth-order valence-corrected chi connectivity index (χ4v) is 4.59. The van der Waals surface area contributed by atoms with Gasteiger partial charge in [-0.3, -0.25) is 9.48 Å². The molecule has 4 rings (SSSR count). The molecule has 1 unspecified atom stereocenters. The van der Waals surface area contributed by atoms with Crippen LogP contribution in [-0.2, 0) is 18.3 Å². The third kappa shape index (κ3) is 6.39. The van der Waals surface area contributed by atoms with Gasteiger partial charge in [0.05, 0.1) is 19.3 Å². The Morgan fingerprint density at radius 1 is 1.08 bits per heavy atom. The highest BCUT2D eigenvalue weighted by molar-refractivity contribution is 5.99. The Balaban J connectivity index is 1.61. The van der Waals surface area contributed by atoms with Crippen molar-refractivity contribution in [2.75, 3.05) is 7.11 Å². The Kier molecular flexibility index (Phi) is 7.95. The molecule has 204 valence electrons. The van der Waals surface area contributed by atoms with Crippen LogP contribution in [0.5, 0.6) is 5.75 Å². The van der Waals surface area contributed by atoms with Crippen molar-refractivity contribution in [1.29, 1.82) is 0 Å². The number of aromatic nitrogens is 2. The predicted octanol–water partition coefficient (Wildman–Crippen LogP) is 6.07. The van der Waals surface area contributed by atoms with E-state index in [0.29, 0.717) is 5.56 Å². The molecule has 0 aliphatic carbocycles. The molecule has 1 aromatic heterocycles. The van der Waals surface area contributed by atoms with Gasteiger partial charge in [-0.2, -0.15) is 5.10 Å². The molecule has 39 heavy (non-hydrogen) atoms. The lowest BCUT2D eigenvalue weighted by atomic mass is 9.93. The standard InChI is InChI=1S/C31H36N4O4/c1-19-12-13-21(16-32-30(37)39-31(3,4)5)14-25(19)29(36)34-20(2)26-15-27(22-17-33-35(6)18-22)28(38-7)24-11-9-8-10-23(24)26/h8-15,17-18,20H,16H2,1-7H3,(H,32,37)(H,34,36). The number of carbonyl (C=O) groups is 2. The molecule has 1 heterocycles. The average Bonchev–Trinajstić information content (AvgIpc) is 3.32. The van der Waals surface area contributed by atoms with Crippen molar-refractivity contribution in [3.8, 4) is 16.9 Å². The zero-order valence-corrected chi connectivity index (χ0v) is 23.6. The first kappa shape index (κ1) is 27.7. The minimum absolute atomic E-state index is 0.193. The van der Waals surface area contributed by atoms with Gasteiger partial charge in [0.2, 0.25) is 0 Å². The summed E-state index contributed by atoms with van der Waals surface area (Å²) in [7, 11) is 3.54. The molecule has 0 spiro atoms. The highest BCUT2D eigenvalue weighted by Crippen LogP contribution is 2.40. The third-order valence-electron chi connectivity index (χ3n) is 6.44. The second kappa shape index (κ2) is 11.2. The normalized spacial score (nSPS) is 12.2. The quantitative estimate of drug-likeness (QED) is 0.303. The molecule has 0 bridgehead atoms. The molecule has 0 radical (unpaired) electrons. The number of hydrogen-bond donors (Lipinski definition) is 2. The minimum atomic E-state index is -0.582.